The van der Waals surface area contributed by atoms with Crippen molar-refractivity contribution < 1.29 is 13.2 Å². The Morgan fingerprint density at radius 3 is 2.58 bits per heavy atom. The Bertz CT molecular complexity index is 474. The highest BCUT2D eigenvalue weighted by Gasteiger charge is 2.36. The van der Waals surface area contributed by atoms with Crippen molar-refractivity contribution in [3.05, 3.63) is 17.0 Å². The van der Waals surface area contributed by atoms with Crippen molar-refractivity contribution >= 4 is 17.4 Å². The predicted molar refractivity (Wildman–Crippen MR) is 67.1 cm³/mol. The molecular formula is C12H15ClF3N3. The van der Waals surface area contributed by atoms with E-state index in [1.807, 2.05) is 0 Å². The second-order valence-electron chi connectivity index (χ2n) is 5.48. The van der Waals surface area contributed by atoms with Gasteiger partial charge in [-0.05, 0) is 29.9 Å². The van der Waals surface area contributed by atoms with Crippen molar-refractivity contribution in [3.8, 4) is 0 Å². The Hall–Kier alpha value is -1.04. The van der Waals surface area contributed by atoms with Gasteiger partial charge in [0.1, 0.15) is 5.82 Å². The Labute approximate surface area is 114 Å². The van der Waals surface area contributed by atoms with Crippen molar-refractivity contribution in [2.45, 2.75) is 45.3 Å². The van der Waals surface area contributed by atoms with Gasteiger partial charge in [0.2, 0.25) is 5.28 Å². The van der Waals surface area contributed by atoms with Gasteiger partial charge in [0.15, 0.2) is 5.69 Å². The molecule has 0 aromatic carbocycles. The third-order valence-electron chi connectivity index (χ3n) is 3.57. The molecule has 3 nitrogen and oxygen atoms in total. The summed E-state index contributed by atoms with van der Waals surface area (Å²) in [5.41, 5.74) is -0.985. The van der Waals surface area contributed by atoms with Crippen molar-refractivity contribution in [2.75, 3.05) is 5.32 Å². The number of aromatic nitrogens is 2. The SMILES string of the molecule is CC1(C)CCCC1Nc1cc(C(F)(F)F)nc(Cl)n1. The molecule has 106 valence electrons. The highest BCUT2D eigenvalue weighted by atomic mass is 35.5. The molecule has 7 heteroatoms. The van der Waals surface area contributed by atoms with Gasteiger partial charge in [-0.2, -0.15) is 13.2 Å². The topological polar surface area (TPSA) is 37.8 Å². The summed E-state index contributed by atoms with van der Waals surface area (Å²) in [5, 5.41) is 2.65. The summed E-state index contributed by atoms with van der Waals surface area (Å²) in [6.07, 6.45) is -1.52. The standard InChI is InChI=1S/C12H15ClF3N3/c1-11(2)5-3-4-7(11)17-9-6-8(12(14,15)16)18-10(13)19-9/h6-7H,3-5H2,1-2H3,(H,17,18,19). The third kappa shape index (κ3) is 3.29. The van der Waals surface area contributed by atoms with Crippen LogP contribution in [0.4, 0.5) is 19.0 Å². The van der Waals surface area contributed by atoms with Crippen LogP contribution in [-0.2, 0) is 6.18 Å². The highest BCUT2D eigenvalue weighted by molar-refractivity contribution is 6.28. The number of nitrogens with one attached hydrogen (secondary N) is 1. The van der Waals surface area contributed by atoms with E-state index in [2.05, 4.69) is 29.1 Å². The van der Waals surface area contributed by atoms with Crippen LogP contribution in [0.2, 0.25) is 5.28 Å². The second kappa shape index (κ2) is 4.81. The van der Waals surface area contributed by atoms with Crippen molar-refractivity contribution in [2.24, 2.45) is 5.41 Å². The van der Waals surface area contributed by atoms with Crippen LogP contribution in [0.1, 0.15) is 38.8 Å². The van der Waals surface area contributed by atoms with Gasteiger partial charge in [-0.1, -0.05) is 20.3 Å². The number of nitrogens with zero attached hydrogens (tertiary/aromatic N) is 2. The molecule has 0 radical (unpaired) electrons. The molecule has 1 aliphatic carbocycles. The first-order valence-electron chi connectivity index (χ1n) is 6.07. The van der Waals surface area contributed by atoms with E-state index in [0.717, 1.165) is 25.3 Å². The zero-order valence-electron chi connectivity index (χ0n) is 10.7. The Morgan fingerprint density at radius 2 is 2.05 bits per heavy atom. The fourth-order valence-corrected chi connectivity index (χ4v) is 2.59. The molecule has 1 heterocycles. The fraction of sp³-hybridized carbons (Fsp3) is 0.667. The quantitative estimate of drug-likeness (QED) is 0.833. The molecule has 19 heavy (non-hydrogen) atoms. The number of rotatable bonds is 2. The largest absolute Gasteiger partial charge is 0.433 e. The van der Waals surface area contributed by atoms with E-state index in [1.54, 1.807) is 0 Å². The molecule has 0 spiro atoms. The van der Waals surface area contributed by atoms with Crippen LogP contribution < -0.4 is 5.32 Å². The smallest absolute Gasteiger partial charge is 0.367 e. The summed E-state index contributed by atoms with van der Waals surface area (Å²) >= 11 is 5.55. The van der Waals surface area contributed by atoms with E-state index in [-0.39, 0.29) is 17.3 Å². The van der Waals surface area contributed by atoms with Crippen LogP contribution >= 0.6 is 11.6 Å². The molecule has 0 saturated heterocycles. The molecule has 1 fully saturated rings. The predicted octanol–water partition coefficient (Wildman–Crippen LogP) is 4.14. The minimum atomic E-state index is -4.52. The highest BCUT2D eigenvalue weighted by Crippen LogP contribution is 2.39. The molecular weight excluding hydrogens is 279 g/mol. The molecule has 1 atom stereocenters. The van der Waals surface area contributed by atoms with Crippen molar-refractivity contribution in [1.29, 1.82) is 0 Å². The first-order chi connectivity index (χ1) is 8.68. The molecule has 2 rings (SSSR count). The minimum Gasteiger partial charge on any atom is -0.367 e. The summed E-state index contributed by atoms with van der Waals surface area (Å²) in [6, 6.07) is 1.000. The average molecular weight is 294 g/mol. The summed E-state index contributed by atoms with van der Waals surface area (Å²) < 4.78 is 37.9. The molecule has 1 N–H and O–H groups in total. The Balaban J connectivity index is 2.24. The molecule has 0 aliphatic heterocycles. The van der Waals surface area contributed by atoms with Crippen molar-refractivity contribution in [3.63, 3.8) is 0 Å². The van der Waals surface area contributed by atoms with E-state index in [1.165, 1.54) is 0 Å². The molecule has 0 amide bonds. The summed E-state index contributed by atoms with van der Waals surface area (Å²) in [5.74, 6) is 0.132. The minimum absolute atomic E-state index is 0.0375. The molecule has 1 saturated carbocycles. The van der Waals surface area contributed by atoms with Gasteiger partial charge in [0.05, 0.1) is 0 Å². The summed E-state index contributed by atoms with van der Waals surface area (Å²) in [7, 11) is 0. The number of alkyl halides is 3. The van der Waals surface area contributed by atoms with E-state index in [4.69, 9.17) is 11.6 Å². The van der Waals surface area contributed by atoms with Crippen LogP contribution in [0.25, 0.3) is 0 Å². The maximum absolute atomic E-state index is 12.6. The second-order valence-corrected chi connectivity index (χ2v) is 5.82. The Morgan fingerprint density at radius 1 is 1.37 bits per heavy atom. The average Bonchev–Trinajstić information content (AvgIpc) is 2.56. The van der Waals surface area contributed by atoms with Crippen LogP contribution in [-0.4, -0.2) is 16.0 Å². The van der Waals surface area contributed by atoms with Crippen LogP contribution in [0.3, 0.4) is 0 Å². The van der Waals surface area contributed by atoms with Gasteiger partial charge in [0.25, 0.3) is 0 Å². The normalized spacial score (nSPS) is 22.5. The van der Waals surface area contributed by atoms with Gasteiger partial charge >= 0.3 is 6.18 Å². The molecule has 1 unspecified atom stereocenters. The third-order valence-corrected chi connectivity index (χ3v) is 3.74. The zero-order valence-corrected chi connectivity index (χ0v) is 11.4. The molecule has 0 bridgehead atoms. The zero-order chi connectivity index (χ0) is 14.3. The van der Waals surface area contributed by atoms with E-state index in [9.17, 15) is 13.2 Å². The van der Waals surface area contributed by atoms with E-state index < -0.39 is 17.2 Å². The first kappa shape index (κ1) is 14.4. The number of halogens is 4. The van der Waals surface area contributed by atoms with Gasteiger partial charge in [-0.25, -0.2) is 9.97 Å². The van der Waals surface area contributed by atoms with E-state index >= 15 is 0 Å². The molecule has 1 aromatic heterocycles. The summed E-state index contributed by atoms with van der Waals surface area (Å²) in [4.78, 5) is 7.02. The lowest BCUT2D eigenvalue weighted by Crippen LogP contribution is -2.31. The summed E-state index contributed by atoms with van der Waals surface area (Å²) in [6.45, 7) is 4.18. The number of hydrogen-bond donors (Lipinski definition) is 1. The van der Waals surface area contributed by atoms with E-state index in [0.29, 0.717) is 0 Å². The number of hydrogen-bond acceptors (Lipinski definition) is 3. The maximum Gasteiger partial charge on any atom is 0.433 e. The molecule has 1 aliphatic rings. The fourth-order valence-electron chi connectivity index (χ4n) is 2.41. The molecule has 1 aromatic rings. The maximum atomic E-state index is 12.6. The van der Waals surface area contributed by atoms with Gasteiger partial charge in [0, 0.05) is 12.1 Å². The monoisotopic (exact) mass is 293 g/mol. The van der Waals surface area contributed by atoms with Gasteiger partial charge in [-0.15, -0.1) is 0 Å². The van der Waals surface area contributed by atoms with Crippen molar-refractivity contribution in [1.82, 2.24) is 9.97 Å². The lowest BCUT2D eigenvalue weighted by Gasteiger charge is -2.28. The number of anilines is 1. The van der Waals surface area contributed by atoms with Gasteiger partial charge < -0.3 is 5.32 Å². The van der Waals surface area contributed by atoms with Crippen LogP contribution in [0.5, 0.6) is 0 Å². The van der Waals surface area contributed by atoms with Crippen LogP contribution in [0.15, 0.2) is 6.07 Å². The Kier molecular flexibility index (Phi) is 3.64. The lowest BCUT2D eigenvalue weighted by atomic mass is 9.87. The lowest BCUT2D eigenvalue weighted by molar-refractivity contribution is -0.141. The van der Waals surface area contributed by atoms with Gasteiger partial charge in [-0.3, -0.25) is 0 Å². The van der Waals surface area contributed by atoms with Crippen LogP contribution in [0, 0.1) is 5.41 Å². The first-order valence-corrected chi connectivity index (χ1v) is 6.44.